The van der Waals surface area contributed by atoms with Crippen LogP contribution in [0.3, 0.4) is 0 Å². The molecular formula is C15H16BrN3O2. The van der Waals surface area contributed by atoms with Gasteiger partial charge in [-0.25, -0.2) is 0 Å². The normalized spacial score (nSPS) is 12.1. The molecule has 0 fully saturated rings. The largest absolute Gasteiger partial charge is 0.310 e. The van der Waals surface area contributed by atoms with E-state index in [1.54, 1.807) is 0 Å². The Balaban J connectivity index is 2.23. The number of nitro groups is 1. The van der Waals surface area contributed by atoms with E-state index in [-0.39, 0.29) is 11.7 Å². The van der Waals surface area contributed by atoms with Gasteiger partial charge >= 0.3 is 0 Å². The van der Waals surface area contributed by atoms with Crippen LogP contribution in [0.15, 0.2) is 47.1 Å². The van der Waals surface area contributed by atoms with Crippen molar-refractivity contribution >= 4 is 21.6 Å². The number of rotatable bonds is 6. The molecule has 110 valence electrons. The molecule has 6 heteroatoms. The molecule has 1 unspecified atom stereocenters. The van der Waals surface area contributed by atoms with Crippen molar-refractivity contribution in [1.82, 2.24) is 10.3 Å². The fourth-order valence-electron chi connectivity index (χ4n) is 2.14. The third-order valence-electron chi connectivity index (χ3n) is 3.16. The first-order chi connectivity index (χ1) is 10.1. The van der Waals surface area contributed by atoms with E-state index in [9.17, 15) is 10.1 Å². The predicted octanol–water partition coefficient (Wildman–Crippen LogP) is 3.65. The molecule has 2 rings (SSSR count). The number of hydrogen-bond acceptors (Lipinski definition) is 4. The molecule has 5 nitrogen and oxygen atoms in total. The van der Waals surface area contributed by atoms with Crippen LogP contribution in [0.2, 0.25) is 0 Å². The van der Waals surface area contributed by atoms with Gasteiger partial charge < -0.3 is 5.32 Å². The molecule has 1 heterocycles. The van der Waals surface area contributed by atoms with Crippen molar-refractivity contribution < 1.29 is 4.92 Å². The van der Waals surface area contributed by atoms with Crippen molar-refractivity contribution in [2.24, 2.45) is 0 Å². The van der Waals surface area contributed by atoms with Crippen molar-refractivity contribution in [2.75, 3.05) is 6.54 Å². The molecule has 0 aliphatic heterocycles. The number of halogens is 1. The summed E-state index contributed by atoms with van der Waals surface area (Å²) in [4.78, 5) is 14.5. The molecule has 0 aliphatic carbocycles. The summed E-state index contributed by atoms with van der Waals surface area (Å²) in [7, 11) is 0. The summed E-state index contributed by atoms with van der Waals surface area (Å²) in [5, 5.41) is 14.2. The highest BCUT2D eigenvalue weighted by Gasteiger charge is 2.16. The van der Waals surface area contributed by atoms with Crippen molar-refractivity contribution in [2.45, 2.75) is 19.4 Å². The number of hydrogen-bond donors (Lipinski definition) is 1. The minimum Gasteiger partial charge on any atom is -0.310 e. The Kier molecular flexibility index (Phi) is 5.41. The fraction of sp³-hybridized carbons (Fsp3) is 0.267. The monoisotopic (exact) mass is 349 g/mol. The van der Waals surface area contributed by atoms with Crippen LogP contribution >= 0.6 is 15.9 Å². The van der Waals surface area contributed by atoms with E-state index in [4.69, 9.17) is 0 Å². The van der Waals surface area contributed by atoms with Gasteiger partial charge in [0.1, 0.15) is 6.20 Å². The van der Waals surface area contributed by atoms with Gasteiger partial charge in [-0.1, -0.05) is 37.3 Å². The maximum atomic E-state index is 10.7. The smallest absolute Gasteiger partial charge is 0.288 e. The molecule has 0 saturated carbocycles. The van der Waals surface area contributed by atoms with Crippen LogP contribution in [0.5, 0.6) is 0 Å². The van der Waals surface area contributed by atoms with Gasteiger partial charge in [-0.3, -0.25) is 15.1 Å². The molecule has 1 aromatic carbocycles. The summed E-state index contributed by atoms with van der Waals surface area (Å²) in [6.45, 7) is 2.89. The SMILES string of the molecule is CCNC(Cc1ncc([N+](=O)[O-])cc1Br)c1ccccc1. The topological polar surface area (TPSA) is 68.1 Å². The molecule has 0 spiro atoms. The summed E-state index contributed by atoms with van der Waals surface area (Å²) in [6, 6.07) is 11.7. The second-order valence-corrected chi connectivity index (χ2v) is 5.46. The first-order valence-electron chi connectivity index (χ1n) is 6.69. The second kappa shape index (κ2) is 7.28. The van der Waals surface area contributed by atoms with E-state index in [0.717, 1.165) is 12.2 Å². The van der Waals surface area contributed by atoms with Crippen LogP contribution in [0.4, 0.5) is 5.69 Å². The quantitative estimate of drug-likeness (QED) is 0.638. The highest BCUT2D eigenvalue weighted by molar-refractivity contribution is 9.10. The Morgan fingerprint density at radius 2 is 2.10 bits per heavy atom. The van der Waals surface area contributed by atoms with Gasteiger partial charge in [0.05, 0.1) is 10.6 Å². The van der Waals surface area contributed by atoms with Gasteiger partial charge in [0.2, 0.25) is 0 Å². The van der Waals surface area contributed by atoms with Gasteiger partial charge in [0.15, 0.2) is 0 Å². The van der Waals surface area contributed by atoms with Crippen molar-refractivity contribution in [3.05, 3.63) is 68.4 Å². The Morgan fingerprint density at radius 3 is 2.67 bits per heavy atom. The molecule has 1 N–H and O–H groups in total. The van der Waals surface area contributed by atoms with E-state index in [1.165, 1.54) is 17.8 Å². The molecule has 0 amide bonds. The minimum absolute atomic E-state index is 0.00895. The lowest BCUT2D eigenvalue weighted by Gasteiger charge is -2.18. The molecule has 21 heavy (non-hydrogen) atoms. The second-order valence-electron chi connectivity index (χ2n) is 4.60. The molecule has 2 aromatic rings. The number of likely N-dealkylation sites (N-methyl/N-ethyl adjacent to an activating group) is 1. The molecule has 1 atom stereocenters. The molecular weight excluding hydrogens is 334 g/mol. The highest BCUT2D eigenvalue weighted by atomic mass is 79.9. The summed E-state index contributed by atoms with van der Waals surface area (Å²) in [5.74, 6) is 0. The first-order valence-corrected chi connectivity index (χ1v) is 7.48. The average Bonchev–Trinajstić information content (AvgIpc) is 2.49. The Labute approximate surface area is 131 Å². The van der Waals surface area contributed by atoms with Crippen molar-refractivity contribution in [3.63, 3.8) is 0 Å². The minimum atomic E-state index is -0.444. The number of nitrogens with zero attached hydrogens (tertiary/aromatic N) is 2. The third-order valence-corrected chi connectivity index (χ3v) is 3.85. The number of nitrogens with one attached hydrogen (secondary N) is 1. The lowest BCUT2D eigenvalue weighted by molar-refractivity contribution is -0.385. The van der Waals surface area contributed by atoms with E-state index in [0.29, 0.717) is 10.9 Å². The molecule has 0 radical (unpaired) electrons. The Bertz CT molecular complexity index is 620. The summed E-state index contributed by atoms with van der Waals surface area (Å²) < 4.78 is 0.663. The lowest BCUT2D eigenvalue weighted by atomic mass is 10.0. The zero-order chi connectivity index (χ0) is 15.2. The molecule has 0 saturated heterocycles. The number of pyridine rings is 1. The fourth-order valence-corrected chi connectivity index (χ4v) is 2.64. The summed E-state index contributed by atoms with van der Waals surface area (Å²) in [6.07, 6.45) is 1.96. The maximum absolute atomic E-state index is 10.7. The van der Waals surface area contributed by atoms with Crippen LogP contribution in [-0.4, -0.2) is 16.5 Å². The first kappa shape index (κ1) is 15.6. The Morgan fingerprint density at radius 1 is 1.38 bits per heavy atom. The third kappa shape index (κ3) is 4.09. The van der Waals surface area contributed by atoms with Gasteiger partial charge in [0, 0.05) is 23.0 Å². The molecule has 0 aliphatic rings. The van der Waals surface area contributed by atoms with Gasteiger partial charge in [-0.05, 0) is 28.0 Å². The summed E-state index contributed by atoms with van der Waals surface area (Å²) in [5.41, 5.74) is 1.96. The van der Waals surface area contributed by atoms with E-state index >= 15 is 0 Å². The zero-order valence-electron chi connectivity index (χ0n) is 11.6. The van der Waals surface area contributed by atoms with E-state index in [2.05, 4.69) is 38.4 Å². The van der Waals surface area contributed by atoms with Gasteiger partial charge in [-0.15, -0.1) is 0 Å². The van der Waals surface area contributed by atoms with Crippen LogP contribution < -0.4 is 5.32 Å². The molecule has 0 bridgehead atoms. The lowest BCUT2D eigenvalue weighted by Crippen LogP contribution is -2.23. The standard InChI is InChI=1S/C15H16BrN3O2/c1-2-17-14(11-6-4-3-5-7-11)9-15-13(16)8-12(10-18-15)19(20)21/h3-8,10,14,17H,2,9H2,1H3. The predicted molar refractivity (Wildman–Crippen MR) is 85.2 cm³/mol. The van der Waals surface area contributed by atoms with Crippen LogP contribution in [0.1, 0.15) is 24.2 Å². The van der Waals surface area contributed by atoms with Crippen molar-refractivity contribution in [1.29, 1.82) is 0 Å². The summed E-state index contributed by atoms with van der Waals surface area (Å²) >= 11 is 3.37. The number of benzene rings is 1. The van der Waals surface area contributed by atoms with Crippen molar-refractivity contribution in [3.8, 4) is 0 Å². The van der Waals surface area contributed by atoms with E-state index in [1.807, 2.05) is 25.1 Å². The Hall–Kier alpha value is -1.79. The van der Waals surface area contributed by atoms with Crippen LogP contribution in [-0.2, 0) is 6.42 Å². The molecule has 1 aromatic heterocycles. The zero-order valence-corrected chi connectivity index (χ0v) is 13.2. The van der Waals surface area contributed by atoms with Crippen LogP contribution in [0, 0.1) is 10.1 Å². The van der Waals surface area contributed by atoms with Gasteiger partial charge in [-0.2, -0.15) is 0 Å². The highest BCUT2D eigenvalue weighted by Crippen LogP contribution is 2.25. The number of aromatic nitrogens is 1. The van der Waals surface area contributed by atoms with Crippen LogP contribution in [0.25, 0.3) is 0 Å². The average molecular weight is 350 g/mol. The van der Waals surface area contributed by atoms with E-state index < -0.39 is 4.92 Å². The maximum Gasteiger partial charge on any atom is 0.288 e. The van der Waals surface area contributed by atoms with Gasteiger partial charge in [0.25, 0.3) is 5.69 Å².